The van der Waals surface area contributed by atoms with Crippen LogP contribution < -0.4 is 15.8 Å². The minimum atomic E-state index is -3.63. The van der Waals surface area contributed by atoms with E-state index in [0.717, 1.165) is 37.5 Å². The second kappa shape index (κ2) is 11.3. The van der Waals surface area contributed by atoms with E-state index in [4.69, 9.17) is 9.88 Å². The minimum absolute atomic E-state index is 0.132. The van der Waals surface area contributed by atoms with Crippen molar-refractivity contribution in [1.29, 1.82) is 0 Å². The van der Waals surface area contributed by atoms with E-state index in [2.05, 4.69) is 15.6 Å². The Bertz CT molecular complexity index is 683. The summed E-state index contributed by atoms with van der Waals surface area (Å²) in [7, 11) is -1.89. The summed E-state index contributed by atoms with van der Waals surface area (Å²) in [5, 5.41) is 11.6. The Labute approximate surface area is 162 Å². The number of ether oxygens (including phenoxy) is 1. The number of rotatable bonds is 9. The third kappa shape index (κ3) is 8.28. The molecule has 1 aliphatic rings. The topological polar surface area (TPSA) is 106 Å². The van der Waals surface area contributed by atoms with Crippen LogP contribution in [-0.4, -0.2) is 47.2 Å². The van der Waals surface area contributed by atoms with E-state index in [0.29, 0.717) is 12.6 Å². The van der Waals surface area contributed by atoms with Crippen molar-refractivity contribution in [2.75, 3.05) is 26.7 Å². The lowest BCUT2D eigenvalue weighted by molar-refractivity contribution is 0.0277. The number of nitrogens with two attached hydrogens (primary N) is 1. The highest BCUT2D eigenvalue weighted by molar-refractivity contribution is 7.89. The fourth-order valence-electron chi connectivity index (χ4n) is 3.15. The molecule has 2 rings (SSSR count). The first kappa shape index (κ1) is 21.7. The molecule has 0 atom stereocenters. The van der Waals surface area contributed by atoms with E-state index < -0.39 is 10.0 Å². The van der Waals surface area contributed by atoms with Crippen molar-refractivity contribution in [3.05, 3.63) is 29.8 Å². The summed E-state index contributed by atoms with van der Waals surface area (Å²) in [6, 6.07) is 6.62. The van der Waals surface area contributed by atoms with Crippen molar-refractivity contribution in [1.82, 2.24) is 10.6 Å². The molecule has 8 heteroatoms. The molecule has 0 spiro atoms. The van der Waals surface area contributed by atoms with Gasteiger partial charge in [-0.3, -0.25) is 4.99 Å². The Morgan fingerprint density at radius 3 is 2.44 bits per heavy atom. The Morgan fingerprint density at radius 2 is 1.81 bits per heavy atom. The maximum Gasteiger partial charge on any atom is 0.238 e. The second-order valence-corrected chi connectivity index (χ2v) is 8.41. The highest BCUT2D eigenvalue weighted by Crippen LogP contribution is 2.20. The SMILES string of the molecule is CN=C(NCCCOC1CCCCC1)NCCc1ccc(S(N)(=O)=O)cc1. The van der Waals surface area contributed by atoms with Crippen LogP contribution in [0.15, 0.2) is 34.2 Å². The van der Waals surface area contributed by atoms with Gasteiger partial charge in [-0.2, -0.15) is 0 Å². The van der Waals surface area contributed by atoms with E-state index in [-0.39, 0.29) is 4.90 Å². The van der Waals surface area contributed by atoms with Gasteiger partial charge in [-0.15, -0.1) is 0 Å². The number of hydrogen-bond donors (Lipinski definition) is 3. The van der Waals surface area contributed by atoms with Crippen molar-refractivity contribution in [2.24, 2.45) is 10.1 Å². The molecule has 1 aromatic rings. The van der Waals surface area contributed by atoms with Crippen LogP contribution in [0.1, 0.15) is 44.1 Å². The van der Waals surface area contributed by atoms with Crippen LogP contribution >= 0.6 is 0 Å². The Kier molecular flexibility index (Phi) is 9.03. The number of nitrogens with one attached hydrogen (secondary N) is 2. The quantitative estimate of drug-likeness (QED) is 0.335. The lowest BCUT2D eigenvalue weighted by Crippen LogP contribution is -2.39. The fraction of sp³-hybridized carbons (Fsp3) is 0.632. The predicted octanol–water partition coefficient (Wildman–Crippen LogP) is 1.78. The first-order valence-corrected chi connectivity index (χ1v) is 11.2. The molecule has 7 nitrogen and oxygen atoms in total. The van der Waals surface area contributed by atoms with Crippen molar-refractivity contribution in [2.45, 2.75) is 55.9 Å². The van der Waals surface area contributed by atoms with Crippen LogP contribution in [0.25, 0.3) is 0 Å². The molecule has 4 N–H and O–H groups in total. The summed E-state index contributed by atoms with van der Waals surface area (Å²) >= 11 is 0. The molecular formula is C19H32N4O3S. The average molecular weight is 397 g/mol. The minimum Gasteiger partial charge on any atom is -0.378 e. The molecule has 0 amide bonds. The largest absolute Gasteiger partial charge is 0.378 e. The zero-order chi connectivity index (χ0) is 19.5. The molecular weight excluding hydrogens is 364 g/mol. The van der Waals surface area contributed by atoms with Crippen molar-refractivity contribution in [3.8, 4) is 0 Å². The van der Waals surface area contributed by atoms with Gasteiger partial charge in [0.2, 0.25) is 10.0 Å². The standard InChI is InChI=1S/C19H32N4O3S/c1-21-19(22-13-5-15-26-17-6-3-2-4-7-17)23-14-12-16-8-10-18(11-9-16)27(20,24)25/h8-11,17H,2-7,12-15H2,1H3,(H2,20,24,25)(H2,21,22,23). The lowest BCUT2D eigenvalue weighted by atomic mass is 9.98. The molecule has 0 unspecified atom stereocenters. The summed E-state index contributed by atoms with van der Waals surface area (Å²) in [6.07, 6.45) is 8.51. The van der Waals surface area contributed by atoms with Crippen LogP contribution in [0.4, 0.5) is 0 Å². The van der Waals surface area contributed by atoms with Gasteiger partial charge in [0.05, 0.1) is 11.0 Å². The molecule has 1 fully saturated rings. The summed E-state index contributed by atoms with van der Waals surface area (Å²) in [5.41, 5.74) is 1.03. The Hall–Kier alpha value is -1.64. The molecule has 0 bridgehead atoms. The number of benzene rings is 1. The van der Waals surface area contributed by atoms with Crippen molar-refractivity contribution in [3.63, 3.8) is 0 Å². The van der Waals surface area contributed by atoms with Crippen LogP contribution in [0, 0.1) is 0 Å². The highest BCUT2D eigenvalue weighted by atomic mass is 32.2. The fourth-order valence-corrected chi connectivity index (χ4v) is 3.67. The third-order valence-electron chi connectivity index (χ3n) is 4.70. The zero-order valence-corrected chi connectivity index (χ0v) is 16.9. The predicted molar refractivity (Wildman–Crippen MR) is 108 cm³/mol. The molecule has 0 heterocycles. The molecule has 0 saturated heterocycles. The van der Waals surface area contributed by atoms with Gasteiger partial charge < -0.3 is 15.4 Å². The number of aliphatic imine (C=N–C) groups is 1. The van der Waals surface area contributed by atoms with Gasteiger partial charge >= 0.3 is 0 Å². The average Bonchev–Trinajstić information content (AvgIpc) is 2.67. The lowest BCUT2D eigenvalue weighted by Gasteiger charge is -2.22. The first-order valence-electron chi connectivity index (χ1n) is 9.67. The maximum atomic E-state index is 11.3. The number of guanidine groups is 1. The van der Waals surface area contributed by atoms with Gasteiger partial charge in [-0.1, -0.05) is 31.4 Å². The first-order chi connectivity index (χ1) is 13.0. The van der Waals surface area contributed by atoms with E-state index in [1.54, 1.807) is 19.2 Å². The van der Waals surface area contributed by atoms with Crippen LogP contribution in [0.5, 0.6) is 0 Å². The normalized spacial score (nSPS) is 16.3. The molecule has 0 aromatic heterocycles. The smallest absolute Gasteiger partial charge is 0.238 e. The Balaban J connectivity index is 1.59. The van der Waals surface area contributed by atoms with Gasteiger partial charge in [-0.25, -0.2) is 13.6 Å². The van der Waals surface area contributed by atoms with Gasteiger partial charge in [0.15, 0.2) is 5.96 Å². The summed E-state index contributed by atoms with van der Waals surface area (Å²) in [6.45, 7) is 2.30. The molecule has 27 heavy (non-hydrogen) atoms. The van der Waals surface area contributed by atoms with E-state index >= 15 is 0 Å². The maximum absolute atomic E-state index is 11.3. The summed E-state index contributed by atoms with van der Waals surface area (Å²) < 4.78 is 28.4. The van der Waals surface area contributed by atoms with E-state index in [1.165, 1.54) is 44.2 Å². The monoisotopic (exact) mass is 396 g/mol. The zero-order valence-electron chi connectivity index (χ0n) is 16.1. The number of hydrogen-bond acceptors (Lipinski definition) is 4. The highest BCUT2D eigenvalue weighted by Gasteiger charge is 2.13. The molecule has 1 aliphatic carbocycles. The van der Waals surface area contributed by atoms with Crippen LogP contribution in [-0.2, 0) is 21.2 Å². The van der Waals surface area contributed by atoms with Crippen LogP contribution in [0.2, 0.25) is 0 Å². The molecule has 1 aromatic carbocycles. The van der Waals surface area contributed by atoms with E-state index in [1.807, 2.05) is 0 Å². The third-order valence-corrected chi connectivity index (χ3v) is 5.63. The number of nitrogens with zero attached hydrogens (tertiary/aromatic N) is 1. The van der Waals surface area contributed by atoms with Crippen molar-refractivity contribution < 1.29 is 13.2 Å². The summed E-state index contributed by atoms with van der Waals surface area (Å²) in [4.78, 5) is 4.34. The molecule has 1 saturated carbocycles. The van der Waals surface area contributed by atoms with Gasteiger partial charge in [0.1, 0.15) is 0 Å². The number of sulfonamides is 1. The van der Waals surface area contributed by atoms with Gasteiger partial charge in [-0.05, 0) is 43.4 Å². The molecule has 152 valence electrons. The van der Waals surface area contributed by atoms with Gasteiger partial charge in [0.25, 0.3) is 0 Å². The summed E-state index contributed by atoms with van der Waals surface area (Å²) in [5.74, 6) is 0.758. The van der Waals surface area contributed by atoms with Crippen LogP contribution in [0.3, 0.4) is 0 Å². The molecule has 0 radical (unpaired) electrons. The number of primary sulfonamides is 1. The van der Waals surface area contributed by atoms with Gasteiger partial charge in [0, 0.05) is 26.7 Å². The Morgan fingerprint density at radius 1 is 1.15 bits per heavy atom. The molecule has 0 aliphatic heterocycles. The van der Waals surface area contributed by atoms with Crippen molar-refractivity contribution >= 4 is 16.0 Å². The second-order valence-electron chi connectivity index (χ2n) is 6.85. The van der Waals surface area contributed by atoms with E-state index in [9.17, 15) is 8.42 Å².